The first-order valence-corrected chi connectivity index (χ1v) is 9.41. The highest BCUT2D eigenvalue weighted by molar-refractivity contribution is 5.81. The summed E-state index contributed by atoms with van der Waals surface area (Å²) < 4.78 is 40.7. The number of nitrogens with zero attached hydrogens (tertiary/aromatic N) is 1. The molecule has 1 unspecified atom stereocenters. The van der Waals surface area contributed by atoms with Gasteiger partial charge in [0.2, 0.25) is 5.91 Å². The summed E-state index contributed by atoms with van der Waals surface area (Å²) in [6.45, 7) is 3.29. The maximum atomic E-state index is 12.4. The Morgan fingerprint density at radius 2 is 1.81 bits per heavy atom. The number of hydrogen-bond acceptors (Lipinski definition) is 3. The van der Waals surface area contributed by atoms with E-state index in [1.165, 1.54) is 12.1 Å². The number of benzene rings is 1. The van der Waals surface area contributed by atoms with Crippen molar-refractivity contribution in [3.05, 3.63) is 29.8 Å². The number of alkyl halides is 3. The average Bonchev–Trinajstić information content (AvgIpc) is 2.95. The summed E-state index contributed by atoms with van der Waals surface area (Å²) in [7, 11) is 0. The SMILES string of the molecule is CC1(O)CC(C(=O)N2CC3(CCC(c4ccc(OC(F)(F)F)cc4)C3)C2)C1. The number of amides is 1. The average molecular weight is 383 g/mol. The van der Waals surface area contributed by atoms with E-state index in [2.05, 4.69) is 4.74 Å². The number of carbonyl (C=O) groups is 1. The Balaban J connectivity index is 1.30. The van der Waals surface area contributed by atoms with E-state index in [0.29, 0.717) is 18.8 Å². The molecular formula is C20H24F3NO3. The Hall–Kier alpha value is -1.76. The molecular weight excluding hydrogens is 359 g/mol. The second-order valence-corrected chi connectivity index (χ2v) is 8.85. The van der Waals surface area contributed by atoms with Gasteiger partial charge in [-0.15, -0.1) is 13.2 Å². The standard InChI is InChI=1S/C20H24F3NO3/c1-18(26)8-15(9-18)17(25)24-11-19(12-24)7-6-14(10-19)13-2-4-16(5-3-13)27-20(21,22)23/h2-5,14-15,26H,6-12H2,1H3. The molecule has 7 heteroatoms. The van der Waals surface area contributed by atoms with Crippen LogP contribution >= 0.6 is 0 Å². The second-order valence-electron chi connectivity index (χ2n) is 8.85. The van der Waals surface area contributed by atoms with Crippen LogP contribution in [0.4, 0.5) is 13.2 Å². The lowest BCUT2D eigenvalue weighted by Gasteiger charge is -2.52. The molecule has 0 bridgehead atoms. The summed E-state index contributed by atoms with van der Waals surface area (Å²) >= 11 is 0. The third-order valence-corrected chi connectivity index (χ3v) is 6.37. The molecule has 0 radical (unpaired) electrons. The lowest BCUT2D eigenvalue weighted by atomic mass is 9.69. The number of rotatable bonds is 3. The number of hydrogen-bond donors (Lipinski definition) is 1. The van der Waals surface area contributed by atoms with Gasteiger partial charge in [-0.3, -0.25) is 4.79 Å². The fraction of sp³-hybridized carbons (Fsp3) is 0.650. The van der Waals surface area contributed by atoms with Crippen LogP contribution in [0.15, 0.2) is 24.3 Å². The molecule has 3 aliphatic rings. The first-order valence-electron chi connectivity index (χ1n) is 9.41. The van der Waals surface area contributed by atoms with E-state index < -0.39 is 12.0 Å². The summed E-state index contributed by atoms with van der Waals surface area (Å²) in [5.41, 5.74) is 0.484. The van der Waals surface area contributed by atoms with Crippen molar-refractivity contribution in [2.45, 2.75) is 56.9 Å². The van der Waals surface area contributed by atoms with Crippen LogP contribution in [0.2, 0.25) is 0 Å². The first kappa shape index (κ1) is 18.6. The molecule has 1 spiro atoms. The van der Waals surface area contributed by atoms with Crippen LogP contribution in [-0.2, 0) is 4.79 Å². The van der Waals surface area contributed by atoms with Gasteiger partial charge in [0.15, 0.2) is 0 Å². The van der Waals surface area contributed by atoms with Crippen molar-refractivity contribution >= 4 is 5.91 Å². The molecule has 1 aromatic carbocycles. The molecule has 2 saturated carbocycles. The minimum Gasteiger partial charge on any atom is -0.406 e. The smallest absolute Gasteiger partial charge is 0.406 e. The molecule has 4 rings (SSSR count). The lowest BCUT2D eigenvalue weighted by molar-refractivity contribution is -0.274. The largest absolute Gasteiger partial charge is 0.573 e. The van der Waals surface area contributed by atoms with Crippen LogP contribution in [0.5, 0.6) is 5.75 Å². The molecule has 2 aliphatic carbocycles. The van der Waals surface area contributed by atoms with Crippen molar-refractivity contribution in [2.75, 3.05) is 13.1 Å². The summed E-state index contributed by atoms with van der Waals surface area (Å²) in [5.74, 6) is 0.224. The zero-order chi connectivity index (χ0) is 19.4. The van der Waals surface area contributed by atoms with Gasteiger partial charge in [0.05, 0.1) is 5.60 Å². The van der Waals surface area contributed by atoms with E-state index in [-0.39, 0.29) is 23.0 Å². The number of likely N-dealkylation sites (tertiary alicyclic amines) is 1. The van der Waals surface area contributed by atoms with Crippen LogP contribution < -0.4 is 4.74 Å². The van der Waals surface area contributed by atoms with Crippen molar-refractivity contribution in [1.82, 2.24) is 4.90 Å². The van der Waals surface area contributed by atoms with Crippen LogP contribution in [0.1, 0.15) is 50.5 Å². The van der Waals surface area contributed by atoms with Gasteiger partial charge in [-0.25, -0.2) is 0 Å². The highest BCUT2D eigenvalue weighted by atomic mass is 19.4. The van der Waals surface area contributed by atoms with Crippen molar-refractivity contribution in [2.24, 2.45) is 11.3 Å². The normalized spacial score (nSPS) is 32.1. The summed E-state index contributed by atoms with van der Waals surface area (Å²) in [5, 5.41) is 9.81. The van der Waals surface area contributed by atoms with E-state index in [0.717, 1.165) is 37.9 Å². The van der Waals surface area contributed by atoms with Crippen molar-refractivity contribution in [3.63, 3.8) is 0 Å². The molecule has 1 N–H and O–H groups in total. The quantitative estimate of drug-likeness (QED) is 0.863. The predicted octanol–water partition coefficient (Wildman–Crippen LogP) is 3.84. The van der Waals surface area contributed by atoms with Gasteiger partial charge >= 0.3 is 6.36 Å². The van der Waals surface area contributed by atoms with Crippen LogP contribution in [0.25, 0.3) is 0 Å². The number of ether oxygens (including phenoxy) is 1. The number of halogens is 3. The van der Waals surface area contributed by atoms with E-state index in [1.807, 2.05) is 4.90 Å². The third-order valence-electron chi connectivity index (χ3n) is 6.37. The van der Waals surface area contributed by atoms with E-state index in [4.69, 9.17) is 0 Å². The molecule has 1 amide bonds. The molecule has 1 heterocycles. The van der Waals surface area contributed by atoms with Gasteiger partial charge in [0.25, 0.3) is 0 Å². The zero-order valence-electron chi connectivity index (χ0n) is 15.3. The van der Waals surface area contributed by atoms with Gasteiger partial charge in [-0.1, -0.05) is 12.1 Å². The molecule has 1 aromatic rings. The monoisotopic (exact) mass is 383 g/mol. The second kappa shape index (κ2) is 6.12. The highest BCUT2D eigenvalue weighted by Crippen LogP contribution is 2.53. The van der Waals surface area contributed by atoms with Crippen molar-refractivity contribution in [3.8, 4) is 5.75 Å². The molecule has 1 atom stereocenters. The molecule has 3 fully saturated rings. The molecule has 27 heavy (non-hydrogen) atoms. The number of carbonyl (C=O) groups excluding carboxylic acids is 1. The minimum absolute atomic E-state index is 0.0456. The molecule has 148 valence electrons. The summed E-state index contributed by atoms with van der Waals surface area (Å²) in [6, 6.07) is 6.16. The van der Waals surface area contributed by atoms with E-state index >= 15 is 0 Å². The fourth-order valence-electron chi connectivity index (χ4n) is 5.07. The van der Waals surface area contributed by atoms with Gasteiger partial charge in [-0.05, 0) is 62.6 Å². The van der Waals surface area contributed by atoms with Crippen molar-refractivity contribution in [1.29, 1.82) is 0 Å². The van der Waals surface area contributed by atoms with Gasteiger partial charge in [-0.2, -0.15) is 0 Å². The summed E-state index contributed by atoms with van der Waals surface area (Å²) in [6.07, 6.45) is -0.605. The van der Waals surface area contributed by atoms with Gasteiger partial charge in [0.1, 0.15) is 5.75 Å². The van der Waals surface area contributed by atoms with Crippen molar-refractivity contribution < 1.29 is 27.8 Å². The van der Waals surface area contributed by atoms with Crippen LogP contribution in [0.3, 0.4) is 0 Å². The Bertz CT molecular complexity index is 715. The van der Waals surface area contributed by atoms with Gasteiger partial charge in [0, 0.05) is 24.4 Å². The molecule has 1 aliphatic heterocycles. The topological polar surface area (TPSA) is 49.8 Å². The summed E-state index contributed by atoms with van der Waals surface area (Å²) in [4.78, 5) is 14.4. The van der Waals surface area contributed by atoms with Crippen LogP contribution in [0, 0.1) is 11.3 Å². The highest BCUT2D eigenvalue weighted by Gasteiger charge is 2.53. The van der Waals surface area contributed by atoms with E-state index in [9.17, 15) is 23.1 Å². The molecule has 0 aromatic heterocycles. The molecule has 1 saturated heterocycles. The Morgan fingerprint density at radius 1 is 1.19 bits per heavy atom. The maximum Gasteiger partial charge on any atom is 0.573 e. The maximum absolute atomic E-state index is 12.4. The Kier molecular flexibility index (Phi) is 4.22. The minimum atomic E-state index is -4.67. The lowest BCUT2D eigenvalue weighted by Crippen LogP contribution is -2.61. The van der Waals surface area contributed by atoms with Crippen LogP contribution in [-0.4, -0.2) is 41.0 Å². The fourth-order valence-corrected chi connectivity index (χ4v) is 5.07. The molecule has 4 nitrogen and oxygen atoms in total. The predicted molar refractivity (Wildman–Crippen MR) is 92.1 cm³/mol. The number of aliphatic hydroxyl groups is 1. The zero-order valence-corrected chi connectivity index (χ0v) is 15.3. The first-order chi connectivity index (χ1) is 12.5. The van der Waals surface area contributed by atoms with Gasteiger partial charge < -0.3 is 14.7 Å². The third kappa shape index (κ3) is 3.79. The van der Waals surface area contributed by atoms with E-state index in [1.54, 1.807) is 19.1 Å². The Labute approximate surface area is 156 Å². The Morgan fingerprint density at radius 3 is 2.37 bits per heavy atom.